The maximum absolute atomic E-state index is 11.8. The Balaban J connectivity index is 3.63. The first kappa shape index (κ1) is 27.9. The van der Waals surface area contributed by atoms with Crippen molar-refractivity contribution in [3.05, 3.63) is 0 Å². The predicted molar refractivity (Wildman–Crippen MR) is 121 cm³/mol. The molecule has 0 aliphatic rings. The molecule has 2 atom stereocenters. The zero-order valence-corrected chi connectivity index (χ0v) is 20.6. The number of carbonyl (C=O) groups excluding carboxylic acids is 2. The van der Waals surface area contributed by atoms with Gasteiger partial charge in [-0.15, -0.1) is 0 Å². The zero-order chi connectivity index (χ0) is 22.5. The molecule has 0 radical (unpaired) electrons. The summed E-state index contributed by atoms with van der Waals surface area (Å²) in [4.78, 5) is 23.6. The molecule has 29 heavy (non-hydrogen) atoms. The summed E-state index contributed by atoms with van der Waals surface area (Å²) in [5, 5.41) is 0. The summed E-state index contributed by atoms with van der Waals surface area (Å²) in [5.41, 5.74) is 0.629. The van der Waals surface area contributed by atoms with Gasteiger partial charge in [0.1, 0.15) is 0 Å². The third kappa shape index (κ3) is 20.0. The molecule has 0 aliphatic carbocycles. The monoisotopic (exact) mass is 412 g/mol. The molecule has 0 rings (SSSR count). The first-order chi connectivity index (χ1) is 13.3. The lowest BCUT2D eigenvalue weighted by Crippen LogP contribution is -2.14. The van der Waals surface area contributed by atoms with Crippen LogP contribution in [-0.2, 0) is 19.1 Å². The zero-order valence-electron chi connectivity index (χ0n) is 20.6. The van der Waals surface area contributed by atoms with Gasteiger partial charge in [-0.2, -0.15) is 0 Å². The molecule has 0 N–H and O–H groups in total. The number of esters is 2. The number of ether oxygens (including phenoxy) is 2. The molecule has 0 amide bonds. The molecule has 0 saturated carbocycles. The molecule has 2 unspecified atom stereocenters. The van der Waals surface area contributed by atoms with Crippen LogP contribution in [0.1, 0.15) is 113 Å². The van der Waals surface area contributed by atoms with Gasteiger partial charge in [0.05, 0.1) is 13.2 Å². The van der Waals surface area contributed by atoms with Crippen LogP contribution in [0.5, 0.6) is 0 Å². The van der Waals surface area contributed by atoms with Gasteiger partial charge in [-0.1, -0.05) is 61.8 Å². The number of carbonyl (C=O) groups is 2. The summed E-state index contributed by atoms with van der Waals surface area (Å²) in [6.45, 7) is 18.9. The van der Waals surface area contributed by atoms with Crippen molar-refractivity contribution in [2.45, 2.75) is 113 Å². The van der Waals surface area contributed by atoms with E-state index in [2.05, 4.69) is 55.4 Å². The van der Waals surface area contributed by atoms with E-state index < -0.39 is 0 Å². The lowest BCUT2D eigenvalue weighted by atomic mass is 9.84. The van der Waals surface area contributed by atoms with Crippen LogP contribution in [0.3, 0.4) is 0 Å². The standard InChI is InChI=1S/C25H48O4/c1-20(18-24(3,4)5)14-16-28-22(26)12-10-9-11-13-23(27)29-17-15-21(2)19-25(6,7)8/h20-21H,9-19H2,1-8H3. The van der Waals surface area contributed by atoms with E-state index in [0.29, 0.717) is 48.7 Å². The number of hydrogen-bond acceptors (Lipinski definition) is 4. The summed E-state index contributed by atoms with van der Waals surface area (Å²) in [6.07, 6.45) is 7.38. The van der Waals surface area contributed by atoms with Crippen molar-refractivity contribution in [1.82, 2.24) is 0 Å². The van der Waals surface area contributed by atoms with Gasteiger partial charge < -0.3 is 9.47 Å². The van der Waals surface area contributed by atoms with E-state index in [1.807, 2.05) is 0 Å². The fourth-order valence-corrected chi connectivity index (χ4v) is 3.90. The average molecular weight is 413 g/mol. The van der Waals surface area contributed by atoms with Crippen molar-refractivity contribution in [3.63, 3.8) is 0 Å². The molecule has 172 valence electrons. The number of unbranched alkanes of at least 4 members (excludes halogenated alkanes) is 2. The Kier molecular flexibility index (Phi) is 13.5. The minimum atomic E-state index is -0.122. The normalized spacial score (nSPS) is 14.3. The summed E-state index contributed by atoms with van der Waals surface area (Å²) in [6, 6.07) is 0. The molecule has 4 nitrogen and oxygen atoms in total. The quantitative estimate of drug-likeness (QED) is 0.229. The van der Waals surface area contributed by atoms with Crippen LogP contribution in [0.2, 0.25) is 0 Å². The highest BCUT2D eigenvalue weighted by Crippen LogP contribution is 2.26. The lowest BCUT2D eigenvalue weighted by molar-refractivity contribution is -0.144. The second kappa shape index (κ2) is 14.0. The van der Waals surface area contributed by atoms with Crippen molar-refractivity contribution >= 4 is 11.9 Å². The summed E-state index contributed by atoms with van der Waals surface area (Å²) in [7, 11) is 0. The van der Waals surface area contributed by atoms with Crippen molar-refractivity contribution in [1.29, 1.82) is 0 Å². The van der Waals surface area contributed by atoms with E-state index in [9.17, 15) is 9.59 Å². The largest absolute Gasteiger partial charge is 0.466 e. The van der Waals surface area contributed by atoms with Gasteiger partial charge in [0.2, 0.25) is 0 Å². The van der Waals surface area contributed by atoms with E-state index in [1.54, 1.807) is 0 Å². The van der Waals surface area contributed by atoms with Crippen LogP contribution in [0.15, 0.2) is 0 Å². The third-order valence-electron chi connectivity index (χ3n) is 4.93. The molecule has 0 aromatic rings. The summed E-state index contributed by atoms with van der Waals surface area (Å²) >= 11 is 0. The van der Waals surface area contributed by atoms with E-state index in [-0.39, 0.29) is 11.9 Å². The predicted octanol–water partition coefficient (Wildman–Crippen LogP) is 6.95. The Bertz CT molecular complexity index is 414. The Morgan fingerprint density at radius 2 is 1.00 bits per heavy atom. The lowest BCUT2D eigenvalue weighted by Gasteiger charge is -2.23. The second-order valence-electron chi connectivity index (χ2n) is 11.3. The Hall–Kier alpha value is -1.06. The van der Waals surface area contributed by atoms with Crippen molar-refractivity contribution in [2.24, 2.45) is 22.7 Å². The van der Waals surface area contributed by atoms with E-state index in [1.165, 1.54) is 0 Å². The van der Waals surface area contributed by atoms with Gasteiger partial charge in [-0.05, 0) is 61.2 Å². The summed E-state index contributed by atoms with van der Waals surface area (Å²) in [5.74, 6) is 0.877. The van der Waals surface area contributed by atoms with Crippen LogP contribution in [0, 0.1) is 22.7 Å². The SMILES string of the molecule is CC(CCOC(=O)CCCCCC(=O)OCCC(C)CC(C)(C)C)CC(C)(C)C. The minimum absolute atomic E-state index is 0.122. The topological polar surface area (TPSA) is 52.6 Å². The highest BCUT2D eigenvalue weighted by atomic mass is 16.5. The first-order valence-electron chi connectivity index (χ1n) is 11.6. The van der Waals surface area contributed by atoms with E-state index in [0.717, 1.165) is 44.9 Å². The van der Waals surface area contributed by atoms with Gasteiger partial charge in [0.25, 0.3) is 0 Å². The van der Waals surface area contributed by atoms with Crippen LogP contribution >= 0.6 is 0 Å². The number of hydrogen-bond donors (Lipinski definition) is 0. The highest BCUT2D eigenvalue weighted by molar-refractivity contribution is 5.69. The fraction of sp³-hybridized carbons (Fsp3) is 0.920. The fourth-order valence-electron chi connectivity index (χ4n) is 3.90. The highest BCUT2D eigenvalue weighted by Gasteiger charge is 2.16. The van der Waals surface area contributed by atoms with Gasteiger partial charge in [-0.25, -0.2) is 0 Å². The van der Waals surface area contributed by atoms with Gasteiger partial charge >= 0.3 is 11.9 Å². The van der Waals surface area contributed by atoms with Gasteiger partial charge in [0.15, 0.2) is 0 Å². The van der Waals surface area contributed by atoms with Gasteiger partial charge in [-0.3, -0.25) is 9.59 Å². The molecule has 0 aromatic heterocycles. The molecular formula is C25H48O4. The second-order valence-corrected chi connectivity index (χ2v) is 11.3. The van der Waals surface area contributed by atoms with Crippen LogP contribution in [0.25, 0.3) is 0 Å². The molecular weight excluding hydrogens is 364 g/mol. The Labute approximate surface area is 180 Å². The molecule has 0 spiro atoms. The van der Waals surface area contributed by atoms with E-state index >= 15 is 0 Å². The Morgan fingerprint density at radius 3 is 1.31 bits per heavy atom. The van der Waals surface area contributed by atoms with Crippen LogP contribution in [-0.4, -0.2) is 25.2 Å². The summed E-state index contributed by atoms with van der Waals surface area (Å²) < 4.78 is 10.7. The maximum atomic E-state index is 11.8. The van der Waals surface area contributed by atoms with Crippen molar-refractivity contribution < 1.29 is 19.1 Å². The first-order valence-corrected chi connectivity index (χ1v) is 11.6. The maximum Gasteiger partial charge on any atom is 0.305 e. The molecule has 0 bridgehead atoms. The Morgan fingerprint density at radius 1 is 0.655 bits per heavy atom. The third-order valence-corrected chi connectivity index (χ3v) is 4.93. The van der Waals surface area contributed by atoms with Gasteiger partial charge in [0, 0.05) is 12.8 Å². The molecule has 0 aromatic carbocycles. The molecule has 0 fully saturated rings. The minimum Gasteiger partial charge on any atom is -0.466 e. The average Bonchev–Trinajstić information content (AvgIpc) is 2.51. The van der Waals surface area contributed by atoms with Crippen molar-refractivity contribution in [2.75, 3.05) is 13.2 Å². The molecule has 0 saturated heterocycles. The van der Waals surface area contributed by atoms with Crippen LogP contribution < -0.4 is 0 Å². The van der Waals surface area contributed by atoms with E-state index in [4.69, 9.17) is 9.47 Å². The number of rotatable bonds is 14. The molecule has 4 heteroatoms. The molecule has 0 heterocycles. The molecule has 0 aliphatic heterocycles. The van der Waals surface area contributed by atoms with Crippen LogP contribution in [0.4, 0.5) is 0 Å². The van der Waals surface area contributed by atoms with Crippen molar-refractivity contribution in [3.8, 4) is 0 Å². The smallest absolute Gasteiger partial charge is 0.305 e.